The molecule has 62 valence electrons. The van der Waals surface area contributed by atoms with Crippen LogP contribution >= 0.6 is 0 Å². The Labute approximate surface area is 71.1 Å². The van der Waals surface area contributed by atoms with E-state index < -0.39 is 0 Å². The van der Waals surface area contributed by atoms with Crippen LogP contribution in [0.1, 0.15) is 16.7 Å². The maximum Gasteiger partial charge on any atom is 0.122 e. The molecule has 0 aromatic heterocycles. The Kier molecular flexibility index (Phi) is 1.59. The van der Waals surface area contributed by atoms with Crippen molar-refractivity contribution in [2.45, 2.75) is 13.1 Å². The molecule has 1 heterocycles. The first-order valence-electron chi connectivity index (χ1n) is 3.94. The highest BCUT2D eigenvalue weighted by Gasteiger charge is 2.10. The van der Waals surface area contributed by atoms with Crippen LogP contribution in [-0.4, -0.2) is 5.84 Å². The normalized spacial score (nSPS) is 14.3. The van der Waals surface area contributed by atoms with E-state index in [-0.39, 0.29) is 5.84 Å². The highest BCUT2D eigenvalue weighted by Crippen LogP contribution is 2.16. The number of nitrogen functional groups attached to an aromatic ring is 1. The lowest BCUT2D eigenvalue weighted by atomic mass is 10.1. The molecule has 1 aromatic rings. The van der Waals surface area contributed by atoms with E-state index in [0.29, 0.717) is 0 Å². The fourth-order valence-corrected chi connectivity index (χ4v) is 1.46. The van der Waals surface area contributed by atoms with Crippen LogP contribution in [0.2, 0.25) is 0 Å². The molecule has 2 rings (SSSR count). The van der Waals surface area contributed by atoms with Crippen molar-refractivity contribution in [3.63, 3.8) is 0 Å². The Morgan fingerprint density at radius 3 is 2.83 bits per heavy atom. The van der Waals surface area contributed by atoms with Crippen LogP contribution in [0.5, 0.6) is 0 Å². The summed E-state index contributed by atoms with van der Waals surface area (Å²) in [6.45, 7) is 1.84. The zero-order valence-electron chi connectivity index (χ0n) is 6.72. The molecule has 0 saturated carbocycles. The molecule has 0 bridgehead atoms. The fraction of sp³-hybridized carbons (Fsp3) is 0.222. The lowest BCUT2D eigenvalue weighted by molar-refractivity contribution is 0.765. The Balaban J connectivity index is 2.45. The van der Waals surface area contributed by atoms with Gasteiger partial charge in [-0.1, -0.05) is 12.1 Å². The average Bonchev–Trinajstić information content (AvgIpc) is 2.49. The molecule has 1 aliphatic heterocycles. The van der Waals surface area contributed by atoms with Crippen LogP contribution in [0.25, 0.3) is 0 Å². The van der Waals surface area contributed by atoms with Crippen LogP contribution in [0.4, 0.5) is 0 Å². The van der Waals surface area contributed by atoms with E-state index in [4.69, 9.17) is 11.1 Å². The molecule has 3 heteroatoms. The molecule has 0 fully saturated rings. The molecule has 0 saturated heterocycles. The van der Waals surface area contributed by atoms with Crippen LogP contribution in [-0.2, 0) is 13.1 Å². The maximum absolute atomic E-state index is 7.26. The molecular formula is C9H11N3. The van der Waals surface area contributed by atoms with Crippen LogP contribution in [0.3, 0.4) is 0 Å². The lowest BCUT2D eigenvalue weighted by Crippen LogP contribution is -2.11. The van der Waals surface area contributed by atoms with Crippen molar-refractivity contribution in [1.82, 2.24) is 5.32 Å². The summed E-state index contributed by atoms with van der Waals surface area (Å²) in [4.78, 5) is 0. The van der Waals surface area contributed by atoms with Crippen LogP contribution in [0, 0.1) is 5.41 Å². The minimum absolute atomic E-state index is 0.143. The Hall–Kier alpha value is -1.35. The van der Waals surface area contributed by atoms with Gasteiger partial charge >= 0.3 is 0 Å². The van der Waals surface area contributed by atoms with Gasteiger partial charge in [0.25, 0.3) is 0 Å². The smallest absolute Gasteiger partial charge is 0.122 e. The van der Waals surface area contributed by atoms with E-state index >= 15 is 0 Å². The van der Waals surface area contributed by atoms with Gasteiger partial charge in [-0.25, -0.2) is 0 Å². The third kappa shape index (κ3) is 1.08. The first-order chi connectivity index (χ1) is 5.77. The number of nitrogens with two attached hydrogens (primary N) is 1. The van der Waals surface area contributed by atoms with E-state index in [9.17, 15) is 0 Å². The molecule has 0 aliphatic carbocycles. The zero-order valence-corrected chi connectivity index (χ0v) is 6.72. The van der Waals surface area contributed by atoms with Crippen LogP contribution in [0.15, 0.2) is 18.2 Å². The molecular weight excluding hydrogens is 150 g/mol. The van der Waals surface area contributed by atoms with Crippen molar-refractivity contribution in [3.05, 3.63) is 34.9 Å². The standard InChI is InChI=1S/C9H11N3/c10-9(11)6-1-2-7-4-12-5-8(7)3-6/h1-3,12H,4-5H2,(H3,10,11). The fourth-order valence-electron chi connectivity index (χ4n) is 1.46. The molecule has 1 aliphatic rings. The summed E-state index contributed by atoms with van der Waals surface area (Å²) in [7, 11) is 0. The van der Waals surface area contributed by atoms with Crippen LogP contribution < -0.4 is 11.1 Å². The first-order valence-corrected chi connectivity index (χ1v) is 3.94. The summed E-state index contributed by atoms with van der Waals surface area (Å²) in [6.07, 6.45) is 0. The summed E-state index contributed by atoms with van der Waals surface area (Å²) >= 11 is 0. The number of hydrogen-bond donors (Lipinski definition) is 3. The highest BCUT2D eigenvalue weighted by atomic mass is 14.9. The van der Waals surface area contributed by atoms with E-state index in [1.54, 1.807) is 0 Å². The van der Waals surface area contributed by atoms with Gasteiger partial charge < -0.3 is 11.1 Å². The molecule has 1 aromatic carbocycles. The highest BCUT2D eigenvalue weighted by molar-refractivity contribution is 5.95. The van der Waals surface area contributed by atoms with Gasteiger partial charge in [0.05, 0.1) is 0 Å². The molecule has 0 unspecified atom stereocenters. The molecule has 12 heavy (non-hydrogen) atoms. The van der Waals surface area contributed by atoms with Gasteiger partial charge in [0, 0.05) is 18.7 Å². The molecule has 0 atom stereocenters. The second-order valence-corrected chi connectivity index (χ2v) is 3.00. The van der Waals surface area contributed by atoms with Gasteiger partial charge in [0.15, 0.2) is 0 Å². The second-order valence-electron chi connectivity index (χ2n) is 3.00. The predicted molar refractivity (Wildman–Crippen MR) is 48.0 cm³/mol. The number of fused-ring (bicyclic) bond motifs is 1. The van der Waals surface area contributed by atoms with E-state index in [1.165, 1.54) is 11.1 Å². The molecule has 0 radical (unpaired) electrons. The van der Waals surface area contributed by atoms with Crippen molar-refractivity contribution in [1.29, 1.82) is 5.41 Å². The van der Waals surface area contributed by atoms with Crippen molar-refractivity contribution >= 4 is 5.84 Å². The maximum atomic E-state index is 7.26. The second kappa shape index (κ2) is 2.60. The minimum atomic E-state index is 0.143. The van der Waals surface area contributed by atoms with Crippen molar-refractivity contribution in [2.75, 3.05) is 0 Å². The molecule has 4 N–H and O–H groups in total. The number of nitrogens with one attached hydrogen (secondary N) is 2. The minimum Gasteiger partial charge on any atom is -0.384 e. The number of hydrogen-bond acceptors (Lipinski definition) is 2. The molecule has 0 amide bonds. The number of amidine groups is 1. The topological polar surface area (TPSA) is 61.9 Å². The average molecular weight is 161 g/mol. The summed E-state index contributed by atoms with van der Waals surface area (Å²) in [5, 5.41) is 10.5. The van der Waals surface area contributed by atoms with Gasteiger partial charge in [-0.15, -0.1) is 0 Å². The van der Waals surface area contributed by atoms with Gasteiger partial charge in [0.2, 0.25) is 0 Å². The van der Waals surface area contributed by atoms with Crippen molar-refractivity contribution in [3.8, 4) is 0 Å². The van der Waals surface area contributed by atoms with E-state index in [0.717, 1.165) is 18.7 Å². The van der Waals surface area contributed by atoms with E-state index in [1.807, 2.05) is 18.2 Å². The predicted octanol–water partition coefficient (Wildman–Crippen LogP) is 0.574. The van der Waals surface area contributed by atoms with Crippen molar-refractivity contribution in [2.24, 2.45) is 5.73 Å². The zero-order chi connectivity index (χ0) is 8.55. The van der Waals surface area contributed by atoms with Crippen molar-refractivity contribution < 1.29 is 0 Å². The Bertz CT molecular complexity index is 331. The first kappa shape index (κ1) is 7.31. The summed E-state index contributed by atoms with van der Waals surface area (Å²) in [5.74, 6) is 0.143. The third-order valence-electron chi connectivity index (χ3n) is 2.15. The summed E-state index contributed by atoms with van der Waals surface area (Å²) in [6, 6.07) is 5.91. The molecule has 3 nitrogen and oxygen atoms in total. The van der Waals surface area contributed by atoms with Gasteiger partial charge in [-0.2, -0.15) is 0 Å². The molecule has 0 spiro atoms. The van der Waals surface area contributed by atoms with E-state index in [2.05, 4.69) is 5.32 Å². The van der Waals surface area contributed by atoms with Gasteiger partial charge in [0.1, 0.15) is 5.84 Å². The quantitative estimate of drug-likeness (QED) is 0.416. The van der Waals surface area contributed by atoms with Gasteiger partial charge in [-0.3, -0.25) is 5.41 Å². The monoisotopic (exact) mass is 161 g/mol. The summed E-state index contributed by atoms with van der Waals surface area (Å²) in [5.41, 5.74) is 8.77. The SMILES string of the molecule is N=C(N)c1ccc2c(c1)CNC2. The lowest BCUT2D eigenvalue weighted by Gasteiger charge is -2.01. The third-order valence-corrected chi connectivity index (χ3v) is 2.15. The number of rotatable bonds is 1. The van der Waals surface area contributed by atoms with Gasteiger partial charge in [-0.05, 0) is 17.2 Å². The summed E-state index contributed by atoms with van der Waals surface area (Å²) < 4.78 is 0. The Morgan fingerprint density at radius 1 is 1.33 bits per heavy atom. The number of benzene rings is 1. The Morgan fingerprint density at radius 2 is 2.08 bits per heavy atom. The largest absolute Gasteiger partial charge is 0.384 e.